The smallest absolute Gasteiger partial charge is 0.269 e. The Balaban J connectivity index is 2.65. The van der Waals surface area contributed by atoms with Crippen LogP contribution in [0.3, 0.4) is 0 Å². The molecule has 15 heavy (non-hydrogen) atoms. The molecule has 1 aromatic carbocycles. The number of nitrogens with zero attached hydrogens (tertiary/aromatic N) is 1. The first-order chi connectivity index (χ1) is 7.09. The molecule has 0 N–H and O–H groups in total. The molecule has 78 valence electrons. The third-order valence-electron chi connectivity index (χ3n) is 1.55. The molecule has 1 aromatic rings. The van der Waals surface area contributed by atoms with E-state index in [1.807, 2.05) is 0 Å². The summed E-state index contributed by atoms with van der Waals surface area (Å²) in [5, 5.41) is 10.3. The largest absolute Gasteiger partial charge is 0.465 e. The van der Waals surface area contributed by atoms with Crippen LogP contribution in [-0.4, -0.2) is 10.7 Å². The topological polar surface area (TPSA) is 69.4 Å². The van der Waals surface area contributed by atoms with Crippen molar-refractivity contribution in [3.8, 4) is 5.75 Å². The number of nitro groups is 1. The maximum Gasteiger partial charge on any atom is 0.269 e. The first-order valence-corrected chi connectivity index (χ1v) is 4.18. The highest BCUT2D eigenvalue weighted by Crippen LogP contribution is 2.17. The molecule has 0 fully saturated rings. The Morgan fingerprint density at radius 1 is 1.40 bits per heavy atom. The van der Waals surface area contributed by atoms with Gasteiger partial charge in [-0.1, -0.05) is 0 Å². The van der Waals surface area contributed by atoms with E-state index in [1.54, 1.807) is 0 Å². The van der Waals surface area contributed by atoms with Gasteiger partial charge in [-0.2, -0.15) is 0 Å². The zero-order chi connectivity index (χ0) is 11.3. The Hall–Kier alpha value is -2.17. The number of benzene rings is 1. The van der Waals surface area contributed by atoms with Crippen LogP contribution >= 0.6 is 0 Å². The van der Waals surface area contributed by atoms with Crippen LogP contribution in [0.5, 0.6) is 5.75 Å². The van der Waals surface area contributed by atoms with Crippen LogP contribution in [0.2, 0.25) is 0 Å². The van der Waals surface area contributed by atoms with Gasteiger partial charge in [-0.15, -0.1) is 0 Å². The molecular formula is C10H9NO4. The Morgan fingerprint density at radius 3 is 2.47 bits per heavy atom. The summed E-state index contributed by atoms with van der Waals surface area (Å²) in [5.41, 5.74) is -0.00195. The fraction of sp³-hybridized carbons (Fsp3) is 0.100. The molecule has 0 bridgehead atoms. The Labute approximate surface area is 86.1 Å². The number of hydrogen-bond donors (Lipinski definition) is 0. The van der Waals surface area contributed by atoms with Crippen molar-refractivity contribution in [2.75, 3.05) is 0 Å². The summed E-state index contributed by atoms with van der Waals surface area (Å²) in [6, 6.07) is 5.58. The second-order valence-electron chi connectivity index (χ2n) is 2.78. The van der Waals surface area contributed by atoms with E-state index in [4.69, 9.17) is 4.74 Å². The number of hydrogen-bond acceptors (Lipinski definition) is 4. The van der Waals surface area contributed by atoms with E-state index < -0.39 is 4.92 Å². The van der Waals surface area contributed by atoms with Gasteiger partial charge in [-0.05, 0) is 19.1 Å². The predicted octanol–water partition coefficient (Wildman–Crippen LogP) is 2.08. The number of ketones is 1. The van der Waals surface area contributed by atoms with Gasteiger partial charge in [0.1, 0.15) is 5.75 Å². The number of carbonyl (C=O) groups is 1. The van der Waals surface area contributed by atoms with Crippen molar-refractivity contribution in [1.29, 1.82) is 0 Å². The van der Waals surface area contributed by atoms with Gasteiger partial charge < -0.3 is 4.74 Å². The summed E-state index contributed by atoms with van der Waals surface area (Å²) < 4.78 is 5.03. The Morgan fingerprint density at radius 2 is 2.00 bits per heavy atom. The highest BCUT2D eigenvalue weighted by atomic mass is 16.6. The van der Waals surface area contributed by atoms with Crippen LogP contribution in [0.1, 0.15) is 6.92 Å². The molecule has 0 saturated heterocycles. The second kappa shape index (κ2) is 4.90. The Kier molecular flexibility index (Phi) is 3.56. The second-order valence-corrected chi connectivity index (χ2v) is 2.78. The molecule has 0 aliphatic carbocycles. The summed E-state index contributed by atoms with van der Waals surface area (Å²) in [5.74, 6) is 0.315. The summed E-state index contributed by atoms with van der Waals surface area (Å²) in [6.07, 6.45) is 2.50. The van der Waals surface area contributed by atoms with Gasteiger partial charge in [-0.3, -0.25) is 14.9 Å². The number of allylic oxidation sites excluding steroid dienone is 1. The molecule has 0 saturated carbocycles. The third-order valence-corrected chi connectivity index (χ3v) is 1.55. The zero-order valence-electron chi connectivity index (χ0n) is 8.04. The lowest BCUT2D eigenvalue weighted by Crippen LogP contribution is -1.89. The average molecular weight is 207 g/mol. The van der Waals surface area contributed by atoms with E-state index in [0.717, 1.165) is 0 Å². The normalized spacial score (nSPS) is 10.2. The van der Waals surface area contributed by atoms with E-state index in [0.29, 0.717) is 5.75 Å². The van der Waals surface area contributed by atoms with Crippen LogP contribution < -0.4 is 4.74 Å². The molecular weight excluding hydrogens is 198 g/mol. The molecule has 0 spiro atoms. The standard InChI is InChI=1S/C10H9NO4/c1-8(12)6-7-15-10-4-2-9(3-5-10)11(13)14/h2-7H,1H3/b7-6+. The van der Waals surface area contributed by atoms with E-state index in [9.17, 15) is 14.9 Å². The van der Waals surface area contributed by atoms with Crippen LogP contribution in [0.15, 0.2) is 36.6 Å². The van der Waals surface area contributed by atoms with Gasteiger partial charge in [0.15, 0.2) is 5.78 Å². The van der Waals surface area contributed by atoms with Gasteiger partial charge in [0, 0.05) is 18.2 Å². The van der Waals surface area contributed by atoms with Crippen molar-refractivity contribution in [2.45, 2.75) is 6.92 Å². The lowest BCUT2D eigenvalue weighted by molar-refractivity contribution is -0.384. The zero-order valence-corrected chi connectivity index (χ0v) is 8.04. The van der Waals surface area contributed by atoms with E-state index >= 15 is 0 Å². The number of non-ortho nitro benzene ring substituents is 1. The fourth-order valence-corrected chi connectivity index (χ4v) is 0.855. The van der Waals surface area contributed by atoms with Gasteiger partial charge in [0.05, 0.1) is 11.2 Å². The predicted molar refractivity (Wildman–Crippen MR) is 53.5 cm³/mol. The minimum absolute atomic E-state index is 0.00195. The molecule has 0 unspecified atom stereocenters. The van der Waals surface area contributed by atoms with Crippen molar-refractivity contribution in [3.63, 3.8) is 0 Å². The Bertz CT molecular complexity index is 394. The molecule has 0 radical (unpaired) electrons. The van der Waals surface area contributed by atoms with E-state index in [2.05, 4.69) is 0 Å². The van der Waals surface area contributed by atoms with Gasteiger partial charge in [-0.25, -0.2) is 0 Å². The summed E-state index contributed by atoms with van der Waals surface area (Å²) in [6.45, 7) is 1.40. The molecule has 5 heteroatoms. The fourth-order valence-electron chi connectivity index (χ4n) is 0.855. The SMILES string of the molecule is CC(=O)/C=C/Oc1ccc([N+](=O)[O-])cc1. The number of rotatable bonds is 4. The lowest BCUT2D eigenvalue weighted by atomic mass is 10.3. The summed E-state index contributed by atoms with van der Waals surface area (Å²) in [7, 11) is 0. The maximum absolute atomic E-state index is 10.5. The molecule has 0 heterocycles. The molecule has 0 amide bonds. The molecule has 0 aromatic heterocycles. The third kappa shape index (κ3) is 3.60. The van der Waals surface area contributed by atoms with Gasteiger partial charge in [0.2, 0.25) is 0 Å². The highest BCUT2D eigenvalue weighted by Gasteiger charge is 2.03. The van der Waals surface area contributed by atoms with Crippen LogP contribution in [0.25, 0.3) is 0 Å². The van der Waals surface area contributed by atoms with Gasteiger partial charge >= 0.3 is 0 Å². The molecule has 0 aliphatic rings. The van der Waals surface area contributed by atoms with E-state index in [1.165, 1.54) is 43.5 Å². The van der Waals surface area contributed by atoms with Crippen molar-refractivity contribution in [2.24, 2.45) is 0 Å². The minimum atomic E-state index is -0.491. The molecule has 1 rings (SSSR count). The van der Waals surface area contributed by atoms with E-state index in [-0.39, 0.29) is 11.5 Å². The number of ether oxygens (including phenoxy) is 1. The first kappa shape index (κ1) is 10.9. The molecule has 0 aliphatic heterocycles. The van der Waals surface area contributed by atoms with Crippen molar-refractivity contribution >= 4 is 11.5 Å². The summed E-state index contributed by atoms with van der Waals surface area (Å²) in [4.78, 5) is 20.4. The summed E-state index contributed by atoms with van der Waals surface area (Å²) >= 11 is 0. The first-order valence-electron chi connectivity index (χ1n) is 4.18. The quantitative estimate of drug-likeness (QED) is 0.328. The van der Waals surface area contributed by atoms with Crippen LogP contribution in [0, 0.1) is 10.1 Å². The minimum Gasteiger partial charge on any atom is -0.465 e. The van der Waals surface area contributed by atoms with Crippen molar-refractivity contribution in [3.05, 3.63) is 46.7 Å². The number of carbonyl (C=O) groups excluding carboxylic acids is 1. The maximum atomic E-state index is 10.5. The van der Waals surface area contributed by atoms with Gasteiger partial charge in [0.25, 0.3) is 5.69 Å². The van der Waals surface area contributed by atoms with Crippen LogP contribution in [-0.2, 0) is 4.79 Å². The monoisotopic (exact) mass is 207 g/mol. The van der Waals surface area contributed by atoms with Crippen molar-refractivity contribution < 1.29 is 14.5 Å². The average Bonchev–Trinajstić information content (AvgIpc) is 2.18. The van der Waals surface area contributed by atoms with Crippen LogP contribution in [0.4, 0.5) is 5.69 Å². The highest BCUT2D eigenvalue weighted by molar-refractivity contribution is 5.86. The molecule has 0 atom stereocenters. The number of nitro benzene ring substituents is 1. The molecule has 5 nitrogen and oxygen atoms in total. The van der Waals surface area contributed by atoms with Crippen molar-refractivity contribution in [1.82, 2.24) is 0 Å². The lowest BCUT2D eigenvalue weighted by Gasteiger charge is -1.98.